The summed E-state index contributed by atoms with van der Waals surface area (Å²) in [5.74, 6) is -31.2. The van der Waals surface area contributed by atoms with Crippen LogP contribution in [-0.2, 0) is 42.7 Å². The van der Waals surface area contributed by atoms with Crippen LogP contribution in [0, 0.1) is 0 Å². The zero-order valence-corrected chi connectivity index (χ0v) is 30.6. The van der Waals surface area contributed by atoms with Crippen molar-refractivity contribution in [3.63, 3.8) is 0 Å². The summed E-state index contributed by atoms with van der Waals surface area (Å²) in [6, 6.07) is 0. The number of hydrogen-bond donors (Lipinski definition) is 2. The molecule has 0 aromatic carbocycles. The Balaban J connectivity index is -0.0000168. The van der Waals surface area contributed by atoms with Gasteiger partial charge < -0.3 is 29.0 Å². The lowest BCUT2D eigenvalue weighted by Gasteiger charge is -2.34. The molecule has 0 aliphatic carbocycles. The van der Waals surface area contributed by atoms with Crippen LogP contribution in [0.3, 0.4) is 0 Å². The van der Waals surface area contributed by atoms with Gasteiger partial charge in [-0.1, -0.05) is 36.7 Å². The van der Waals surface area contributed by atoms with Gasteiger partial charge in [0.1, 0.15) is 26.6 Å². The number of nitrogens with one attached hydrogen (secondary N) is 2. The predicted molar refractivity (Wildman–Crippen MR) is 167 cm³/mol. The maximum absolute atomic E-state index is 14.0. The zero-order chi connectivity index (χ0) is 46.2. The molecule has 0 rings (SSSR count). The molecule has 2 atom stereocenters. The van der Waals surface area contributed by atoms with E-state index in [0.717, 1.165) is 6.08 Å². The molecule has 0 aliphatic heterocycles. The van der Waals surface area contributed by atoms with E-state index in [4.69, 9.17) is 0 Å². The van der Waals surface area contributed by atoms with Gasteiger partial charge in [-0.25, -0.2) is 23.2 Å². The summed E-state index contributed by atoms with van der Waals surface area (Å²) in [7, 11) is 0. The Morgan fingerprint density at radius 2 is 1.02 bits per heavy atom. The predicted octanol–water partition coefficient (Wildman–Crippen LogP) is 7.20. The summed E-state index contributed by atoms with van der Waals surface area (Å²) in [4.78, 5) is 32.9. The minimum Gasteiger partial charge on any atom is -0.461 e. The van der Waals surface area contributed by atoms with E-state index in [-0.39, 0.29) is 16.0 Å². The quantitative estimate of drug-likeness (QED) is 0.0181. The van der Waals surface area contributed by atoms with Crippen molar-refractivity contribution in [1.29, 1.82) is 0 Å². The van der Waals surface area contributed by atoms with Crippen molar-refractivity contribution >= 4 is 41.6 Å². The maximum atomic E-state index is 14.0. The number of alkyl carbamates (subject to hydrolysis) is 1. The van der Waals surface area contributed by atoms with E-state index in [1.165, 1.54) is 5.32 Å². The molecular weight excluding hydrogens is 918 g/mol. The van der Waals surface area contributed by atoms with Crippen LogP contribution in [0.15, 0.2) is 25.3 Å². The number of alkyl halides is 18. The van der Waals surface area contributed by atoms with Crippen molar-refractivity contribution in [2.75, 3.05) is 64.5 Å². The molecule has 0 saturated carbocycles. The van der Waals surface area contributed by atoms with Crippen molar-refractivity contribution in [1.82, 2.24) is 10.6 Å². The highest BCUT2D eigenvalue weighted by atomic mass is 32.2. The summed E-state index contributed by atoms with van der Waals surface area (Å²) in [5, 5.41) is -7.15. The van der Waals surface area contributed by atoms with Crippen LogP contribution in [0.2, 0.25) is 0 Å². The monoisotopic (exact) mass is 952 g/mol. The van der Waals surface area contributed by atoms with E-state index in [1.54, 1.807) is 0 Å². The van der Waals surface area contributed by atoms with E-state index < -0.39 is 152 Å². The van der Waals surface area contributed by atoms with Crippen LogP contribution >= 0.6 is 23.5 Å². The molecule has 0 heterocycles. The molecule has 0 spiro atoms. The Morgan fingerprint density at radius 1 is 0.610 bits per heavy atom. The summed E-state index contributed by atoms with van der Waals surface area (Å²) in [5.41, 5.74) is 0. The lowest BCUT2D eigenvalue weighted by atomic mass is 10.1. The number of halogens is 18. The number of carbonyl (C=O) groups is 3. The van der Waals surface area contributed by atoms with E-state index in [9.17, 15) is 93.4 Å². The minimum atomic E-state index is -6.94. The molecule has 12 nitrogen and oxygen atoms in total. The first-order chi connectivity index (χ1) is 26.8. The summed E-state index contributed by atoms with van der Waals surface area (Å²) >= 11 is -2.75. The van der Waals surface area contributed by atoms with Crippen molar-refractivity contribution in [3.05, 3.63) is 25.3 Å². The molecule has 32 heteroatoms. The lowest BCUT2D eigenvalue weighted by molar-refractivity contribution is -0.430. The highest BCUT2D eigenvalue weighted by Crippen LogP contribution is 2.51. The molecule has 59 heavy (non-hydrogen) atoms. The molecule has 0 fully saturated rings. The first-order valence-electron chi connectivity index (χ1n) is 15.1. The number of rotatable bonds is 31. The fraction of sp³-hybridized carbons (Fsp3) is 0.741. The van der Waals surface area contributed by atoms with Gasteiger partial charge in [0.25, 0.3) is 12.7 Å². The van der Waals surface area contributed by atoms with Gasteiger partial charge in [-0.15, -0.1) is 0 Å². The average Bonchev–Trinajstić information content (AvgIpc) is 3.12. The Morgan fingerprint density at radius 3 is 1.44 bits per heavy atom. The van der Waals surface area contributed by atoms with Gasteiger partial charge in [0.2, 0.25) is 0 Å². The van der Waals surface area contributed by atoms with Crippen molar-refractivity contribution in [2.24, 2.45) is 0 Å². The molecule has 0 radical (unpaired) electrons. The van der Waals surface area contributed by atoms with Crippen LogP contribution in [0.1, 0.15) is 2.85 Å². The van der Waals surface area contributed by atoms with E-state index >= 15 is 0 Å². The van der Waals surface area contributed by atoms with Gasteiger partial charge in [0.15, 0.2) is 6.61 Å². The molecule has 0 aliphatic rings. The van der Waals surface area contributed by atoms with Crippen molar-refractivity contribution in [2.45, 2.75) is 59.1 Å². The summed E-state index contributed by atoms with van der Waals surface area (Å²) < 4.78 is 276. The fourth-order valence-electron chi connectivity index (χ4n) is 2.91. The van der Waals surface area contributed by atoms with Gasteiger partial charge in [0, 0.05) is 33.1 Å². The SMILES string of the molecule is C=CC(=O)OCCNCOCOCC(F)(F)C(F)(F)C(F)(F)OC(F)C(F)(F)SCCSC(F)(F)C(F)OC(F)(F)C(F)(F)C(F)(F)COC(=O)NCCOC(=O)C=C.[HH].[HH]. The Kier molecular flexibility index (Phi) is 22.0. The number of esters is 2. The number of hydrogen-bond acceptors (Lipinski definition) is 13. The van der Waals surface area contributed by atoms with Crippen molar-refractivity contribution in [3.8, 4) is 0 Å². The fourth-order valence-corrected chi connectivity index (χ4v) is 4.48. The van der Waals surface area contributed by atoms with Crippen LogP contribution in [0.5, 0.6) is 0 Å². The molecular formula is C27H34F18N2O10S2. The van der Waals surface area contributed by atoms with E-state index in [1.807, 2.05) is 0 Å². The molecule has 0 bridgehead atoms. The number of carbonyl (C=O) groups excluding carboxylic acids is 3. The lowest BCUT2D eigenvalue weighted by Crippen LogP contribution is -2.59. The summed E-state index contributed by atoms with van der Waals surface area (Å²) in [6.07, 6.45) is -24.1. The third-order valence-electron chi connectivity index (χ3n) is 5.86. The second-order valence-electron chi connectivity index (χ2n) is 10.3. The highest BCUT2D eigenvalue weighted by Gasteiger charge is 2.76. The first kappa shape index (κ1) is 55.9. The third kappa shape index (κ3) is 17.4. The van der Waals surface area contributed by atoms with E-state index in [0.29, 0.717) is 6.08 Å². The average molecular weight is 953 g/mol. The van der Waals surface area contributed by atoms with Gasteiger partial charge in [-0.05, 0) is 0 Å². The standard InChI is InChI=1S/C27H30F18N2O10S2.2H2/c1-3-15(48)53-7-5-46-13-52-14-51-11-20(30,31)24(38,39)26(42,43)56-17(28)22(34,35)58-9-10-59-23(36,37)18(29)57-27(44,45)25(40,41)21(32,33)12-55-19(50)47-6-8-54-16(49)4-2;;/h3-4,17-18,46H,1-2,5-14H2,(H,47,50);2*1H. The molecule has 0 aromatic rings. The number of ether oxygens (including phenoxy) is 7. The molecule has 1 amide bonds. The molecule has 2 unspecified atom stereocenters. The Bertz CT molecular complexity index is 1380. The van der Waals surface area contributed by atoms with Crippen LogP contribution in [0.4, 0.5) is 83.8 Å². The third-order valence-corrected chi connectivity index (χ3v) is 8.08. The summed E-state index contributed by atoms with van der Waals surface area (Å²) in [6.45, 7) is -3.03. The highest BCUT2D eigenvalue weighted by molar-refractivity contribution is 8.04. The second kappa shape index (κ2) is 23.2. The number of amides is 1. The van der Waals surface area contributed by atoms with Gasteiger partial charge in [-0.2, -0.15) is 70.2 Å². The van der Waals surface area contributed by atoms with Gasteiger partial charge in [-0.3, -0.25) is 14.8 Å². The first-order valence-corrected chi connectivity index (χ1v) is 17.0. The molecule has 2 N–H and O–H groups in total. The minimum absolute atomic E-state index is 0. The largest absolute Gasteiger partial charge is 0.461 e. The number of thioether (sulfide) groups is 2. The van der Waals surface area contributed by atoms with Crippen LogP contribution < -0.4 is 10.6 Å². The smallest absolute Gasteiger partial charge is 0.428 e. The molecule has 0 aromatic heterocycles. The van der Waals surface area contributed by atoms with Crippen LogP contribution in [0.25, 0.3) is 0 Å². The second-order valence-corrected chi connectivity index (χ2v) is 12.8. The maximum Gasteiger partial charge on any atom is 0.428 e. The van der Waals surface area contributed by atoms with Crippen molar-refractivity contribution < 1.29 is 129 Å². The van der Waals surface area contributed by atoms with Gasteiger partial charge >= 0.3 is 64.4 Å². The van der Waals surface area contributed by atoms with E-state index in [2.05, 4.69) is 51.6 Å². The topological polar surface area (TPSA) is 140 Å². The normalized spacial score (nSPS) is 14.6. The molecule has 0 saturated heterocycles. The molecule has 350 valence electrons. The van der Waals surface area contributed by atoms with Gasteiger partial charge in [0.05, 0.1) is 13.3 Å². The zero-order valence-electron chi connectivity index (χ0n) is 29.0. The Labute approximate surface area is 330 Å². The Hall–Kier alpha value is -3.07. The van der Waals surface area contributed by atoms with Crippen LogP contribution in [-0.4, -0.2) is 142 Å².